The Morgan fingerprint density at radius 1 is 1.14 bits per heavy atom. The van der Waals surface area contributed by atoms with E-state index in [1.807, 2.05) is 36.4 Å². The Balaban J connectivity index is 1.48. The zero-order chi connectivity index (χ0) is 26.4. The second kappa shape index (κ2) is 12.1. The molecule has 2 amide bonds. The normalized spacial score (nSPS) is 17.9. The Morgan fingerprint density at radius 2 is 1.92 bits per heavy atom. The lowest BCUT2D eigenvalue weighted by atomic mass is 10.0. The largest absolute Gasteiger partial charge is 0.481 e. The standard InChI is InChI=1S/C29H36N4O4/c1-31-14-10-22(11-15-31)12-16-32(2)28(36)23-8-9-24-20-33(17-13-21-6-4-3-5-7-21)29(37)26(19-27(34)35)30-25(24)18-23/h3-10,18,26,30H,11-17,19-20H2,1-2H3,(H,34,35). The van der Waals surface area contributed by atoms with E-state index in [1.165, 1.54) is 5.57 Å². The van der Waals surface area contributed by atoms with Crippen molar-refractivity contribution in [1.82, 2.24) is 14.7 Å². The van der Waals surface area contributed by atoms with Gasteiger partial charge in [0, 0.05) is 51.0 Å². The molecule has 0 aliphatic carbocycles. The van der Waals surface area contributed by atoms with E-state index in [4.69, 9.17) is 0 Å². The van der Waals surface area contributed by atoms with Gasteiger partial charge in [-0.25, -0.2) is 0 Å². The molecule has 37 heavy (non-hydrogen) atoms. The average Bonchev–Trinajstić information content (AvgIpc) is 3.02. The van der Waals surface area contributed by atoms with Crippen LogP contribution in [0.4, 0.5) is 5.69 Å². The highest BCUT2D eigenvalue weighted by atomic mass is 16.4. The summed E-state index contributed by atoms with van der Waals surface area (Å²) in [5, 5.41) is 12.6. The molecular weight excluding hydrogens is 468 g/mol. The Hall–Kier alpha value is -3.65. The molecule has 2 N–H and O–H groups in total. The molecule has 0 saturated heterocycles. The highest BCUT2D eigenvalue weighted by Gasteiger charge is 2.31. The van der Waals surface area contributed by atoms with Crippen LogP contribution in [0.1, 0.15) is 40.7 Å². The lowest BCUT2D eigenvalue weighted by molar-refractivity contribution is -0.141. The minimum atomic E-state index is -1.05. The Morgan fingerprint density at radius 3 is 2.62 bits per heavy atom. The summed E-state index contributed by atoms with van der Waals surface area (Å²) in [6.45, 7) is 3.46. The summed E-state index contributed by atoms with van der Waals surface area (Å²) in [5.74, 6) is -1.39. The molecule has 0 spiro atoms. The number of anilines is 1. The van der Waals surface area contributed by atoms with Crippen LogP contribution in [0, 0.1) is 0 Å². The maximum Gasteiger partial charge on any atom is 0.305 e. The number of nitrogens with one attached hydrogen (secondary N) is 1. The number of likely N-dealkylation sites (N-methyl/N-ethyl adjacent to an activating group) is 1. The monoisotopic (exact) mass is 504 g/mol. The predicted molar refractivity (Wildman–Crippen MR) is 143 cm³/mol. The van der Waals surface area contributed by atoms with Gasteiger partial charge in [-0.15, -0.1) is 0 Å². The van der Waals surface area contributed by atoms with Gasteiger partial charge < -0.3 is 25.1 Å². The second-order valence-corrected chi connectivity index (χ2v) is 10.0. The van der Waals surface area contributed by atoms with Crippen LogP contribution in [0.15, 0.2) is 60.2 Å². The van der Waals surface area contributed by atoms with Gasteiger partial charge in [-0.1, -0.05) is 48.0 Å². The number of nitrogens with zero attached hydrogens (tertiary/aromatic N) is 3. The third-order valence-corrected chi connectivity index (χ3v) is 7.17. The van der Waals surface area contributed by atoms with Crippen molar-refractivity contribution < 1.29 is 19.5 Å². The number of rotatable bonds is 9. The first-order valence-electron chi connectivity index (χ1n) is 12.9. The van der Waals surface area contributed by atoms with Gasteiger partial charge in [-0.2, -0.15) is 0 Å². The van der Waals surface area contributed by atoms with Crippen LogP contribution in [-0.4, -0.2) is 83.9 Å². The van der Waals surface area contributed by atoms with Crippen LogP contribution >= 0.6 is 0 Å². The van der Waals surface area contributed by atoms with Gasteiger partial charge in [0.1, 0.15) is 6.04 Å². The van der Waals surface area contributed by atoms with E-state index in [0.29, 0.717) is 37.3 Å². The van der Waals surface area contributed by atoms with Crippen molar-refractivity contribution in [2.75, 3.05) is 45.6 Å². The number of benzene rings is 2. The van der Waals surface area contributed by atoms with E-state index in [9.17, 15) is 19.5 Å². The van der Waals surface area contributed by atoms with Crippen molar-refractivity contribution in [3.05, 3.63) is 76.9 Å². The molecular formula is C29H36N4O4. The van der Waals surface area contributed by atoms with Gasteiger partial charge >= 0.3 is 5.97 Å². The average molecular weight is 505 g/mol. The van der Waals surface area contributed by atoms with Crippen LogP contribution in [-0.2, 0) is 22.6 Å². The van der Waals surface area contributed by atoms with Gasteiger partial charge in [0.15, 0.2) is 0 Å². The van der Waals surface area contributed by atoms with Gasteiger partial charge in [0.25, 0.3) is 5.91 Å². The molecule has 2 aromatic rings. The fourth-order valence-corrected chi connectivity index (χ4v) is 4.82. The smallest absolute Gasteiger partial charge is 0.305 e. The minimum Gasteiger partial charge on any atom is -0.481 e. The molecule has 8 nitrogen and oxygen atoms in total. The molecule has 0 fully saturated rings. The Kier molecular flexibility index (Phi) is 8.61. The van der Waals surface area contributed by atoms with E-state index < -0.39 is 12.0 Å². The van der Waals surface area contributed by atoms with Crippen LogP contribution < -0.4 is 5.32 Å². The van der Waals surface area contributed by atoms with Crippen LogP contribution in [0.5, 0.6) is 0 Å². The highest BCUT2D eigenvalue weighted by Crippen LogP contribution is 2.26. The van der Waals surface area contributed by atoms with E-state index in [0.717, 1.165) is 37.1 Å². The van der Waals surface area contributed by atoms with Crippen LogP contribution in [0.25, 0.3) is 0 Å². The summed E-state index contributed by atoms with van der Waals surface area (Å²) in [5.41, 5.74) is 4.52. The van der Waals surface area contributed by atoms with Crippen molar-refractivity contribution in [3.8, 4) is 0 Å². The molecule has 1 unspecified atom stereocenters. The number of amides is 2. The maximum atomic E-state index is 13.3. The molecule has 0 saturated carbocycles. The molecule has 0 radical (unpaired) electrons. The summed E-state index contributed by atoms with van der Waals surface area (Å²) in [6, 6.07) is 14.4. The number of aliphatic carboxylic acids is 1. The SMILES string of the molecule is CN1CC=C(CCN(C)C(=O)c2ccc3c(c2)NC(CC(=O)O)C(=O)N(CCc2ccccc2)C3)CC1. The highest BCUT2D eigenvalue weighted by molar-refractivity contribution is 5.96. The first kappa shape index (κ1) is 26.4. The summed E-state index contributed by atoms with van der Waals surface area (Å²) in [6.07, 6.45) is 4.47. The van der Waals surface area contributed by atoms with Crippen LogP contribution in [0.3, 0.4) is 0 Å². The quantitative estimate of drug-likeness (QED) is 0.510. The Labute approximate surface area is 218 Å². The van der Waals surface area contributed by atoms with Crippen molar-refractivity contribution in [1.29, 1.82) is 0 Å². The summed E-state index contributed by atoms with van der Waals surface area (Å²) < 4.78 is 0. The van der Waals surface area contributed by atoms with Gasteiger partial charge in [-0.3, -0.25) is 14.4 Å². The van der Waals surface area contributed by atoms with E-state index in [1.54, 1.807) is 29.0 Å². The first-order chi connectivity index (χ1) is 17.8. The number of carboxylic acids is 1. The van der Waals surface area contributed by atoms with Gasteiger partial charge in [0.05, 0.1) is 6.42 Å². The molecule has 8 heteroatoms. The number of carbonyl (C=O) groups is 3. The zero-order valence-electron chi connectivity index (χ0n) is 21.7. The topological polar surface area (TPSA) is 93.2 Å². The van der Waals surface area contributed by atoms with Crippen LogP contribution in [0.2, 0.25) is 0 Å². The van der Waals surface area contributed by atoms with Crippen molar-refractivity contribution in [2.45, 2.75) is 38.3 Å². The number of hydrogen-bond acceptors (Lipinski definition) is 5. The molecule has 2 aliphatic heterocycles. The van der Waals surface area contributed by atoms with E-state index in [2.05, 4.69) is 23.3 Å². The van der Waals surface area contributed by atoms with Crippen molar-refractivity contribution in [3.63, 3.8) is 0 Å². The fraction of sp³-hybridized carbons (Fsp3) is 0.414. The molecule has 2 aliphatic rings. The summed E-state index contributed by atoms with van der Waals surface area (Å²) in [4.78, 5) is 43.7. The predicted octanol–water partition coefficient (Wildman–Crippen LogP) is 3.25. The summed E-state index contributed by atoms with van der Waals surface area (Å²) >= 11 is 0. The lowest BCUT2D eigenvalue weighted by Crippen LogP contribution is -2.42. The molecule has 2 heterocycles. The second-order valence-electron chi connectivity index (χ2n) is 10.0. The fourth-order valence-electron chi connectivity index (χ4n) is 4.82. The molecule has 4 rings (SSSR count). The molecule has 2 aromatic carbocycles. The zero-order valence-corrected chi connectivity index (χ0v) is 21.7. The molecule has 196 valence electrons. The molecule has 1 atom stereocenters. The number of carboxylic acid groups (broad SMARTS) is 1. The van der Waals surface area contributed by atoms with Gasteiger partial charge in [-0.05, 0) is 49.6 Å². The van der Waals surface area contributed by atoms with Crippen molar-refractivity contribution in [2.24, 2.45) is 0 Å². The number of fused-ring (bicyclic) bond motifs is 1. The molecule has 0 aromatic heterocycles. The number of hydrogen-bond donors (Lipinski definition) is 2. The minimum absolute atomic E-state index is 0.0931. The van der Waals surface area contributed by atoms with E-state index in [-0.39, 0.29) is 18.2 Å². The maximum absolute atomic E-state index is 13.3. The molecule has 0 bridgehead atoms. The Bertz CT molecular complexity index is 1160. The van der Waals surface area contributed by atoms with E-state index >= 15 is 0 Å². The third-order valence-electron chi connectivity index (χ3n) is 7.17. The third kappa shape index (κ3) is 6.98. The first-order valence-corrected chi connectivity index (χ1v) is 12.9. The number of carbonyl (C=O) groups excluding carboxylic acids is 2. The van der Waals surface area contributed by atoms with Gasteiger partial charge in [0.2, 0.25) is 5.91 Å². The lowest BCUT2D eigenvalue weighted by Gasteiger charge is -2.24. The van der Waals surface area contributed by atoms with Crippen molar-refractivity contribution >= 4 is 23.5 Å². The summed E-state index contributed by atoms with van der Waals surface area (Å²) in [7, 11) is 3.91.